The van der Waals surface area contributed by atoms with E-state index in [1.54, 1.807) is 4.31 Å². The van der Waals surface area contributed by atoms with Crippen LogP contribution in [0.4, 0.5) is 5.69 Å². The largest absolute Gasteiger partial charge is 0.469 e. The summed E-state index contributed by atoms with van der Waals surface area (Å²) in [5.74, 6) is -0.196. The summed E-state index contributed by atoms with van der Waals surface area (Å²) >= 11 is 1.41. The standard InChI is InChI=1S/C8H11N3S.C3H6O2/c1-12-11(8(9)10)7-5-3-2-4-6-7;1-3(4)5-2/h2-6H,1H3,(H3,9,10);1-2H3. The molecule has 0 aromatic heterocycles. The summed E-state index contributed by atoms with van der Waals surface area (Å²) in [5, 5.41) is 7.27. The number of anilines is 1. The monoisotopic (exact) mass is 255 g/mol. The van der Waals surface area contributed by atoms with Gasteiger partial charge in [-0.25, -0.2) is 0 Å². The average molecular weight is 255 g/mol. The number of para-hydroxylation sites is 1. The van der Waals surface area contributed by atoms with E-state index >= 15 is 0 Å². The van der Waals surface area contributed by atoms with Crippen molar-refractivity contribution in [2.24, 2.45) is 5.73 Å². The second-order valence-corrected chi connectivity index (χ2v) is 3.62. The van der Waals surface area contributed by atoms with Gasteiger partial charge in [0.15, 0.2) is 0 Å². The second-order valence-electron chi connectivity index (χ2n) is 2.89. The summed E-state index contributed by atoms with van der Waals surface area (Å²) in [7, 11) is 1.35. The molecule has 0 amide bonds. The number of ether oxygens (including phenoxy) is 1. The van der Waals surface area contributed by atoms with E-state index in [9.17, 15) is 4.79 Å². The number of benzene rings is 1. The van der Waals surface area contributed by atoms with E-state index in [0.29, 0.717) is 0 Å². The summed E-state index contributed by atoms with van der Waals surface area (Å²) in [6.07, 6.45) is 1.88. The number of methoxy groups -OCH3 is 1. The molecule has 0 bridgehead atoms. The van der Waals surface area contributed by atoms with E-state index in [1.165, 1.54) is 26.0 Å². The second kappa shape index (κ2) is 8.46. The molecule has 0 saturated carbocycles. The van der Waals surface area contributed by atoms with Crippen molar-refractivity contribution in [3.05, 3.63) is 30.3 Å². The first-order chi connectivity index (χ1) is 8.02. The Morgan fingerprint density at radius 3 is 2.18 bits per heavy atom. The molecule has 17 heavy (non-hydrogen) atoms. The van der Waals surface area contributed by atoms with Crippen molar-refractivity contribution in [1.82, 2.24) is 0 Å². The fraction of sp³-hybridized carbons (Fsp3) is 0.273. The van der Waals surface area contributed by atoms with Crippen LogP contribution in [0.15, 0.2) is 30.3 Å². The first-order valence-electron chi connectivity index (χ1n) is 4.80. The molecule has 0 saturated heterocycles. The quantitative estimate of drug-likeness (QED) is 0.365. The van der Waals surface area contributed by atoms with Crippen LogP contribution in [-0.4, -0.2) is 25.3 Å². The van der Waals surface area contributed by atoms with Crippen LogP contribution in [0.2, 0.25) is 0 Å². The molecule has 0 fully saturated rings. The molecule has 0 aliphatic carbocycles. The number of nitrogens with one attached hydrogen (secondary N) is 1. The molecular weight excluding hydrogens is 238 g/mol. The number of rotatable bonds is 2. The highest BCUT2D eigenvalue weighted by Gasteiger charge is 2.05. The summed E-state index contributed by atoms with van der Waals surface area (Å²) < 4.78 is 5.76. The maximum atomic E-state index is 9.59. The Morgan fingerprint density at radius 1 is 1.41 bits per heavy atom. The van der Waals surface area contributed by atoms with Crippen LogP contribution in [0.5, 0.6) is 0 Å². The van der Waals surface area contributed by atoms with Crippen molar-refractivity contribution in [2.75, 3.05) is 17.7 Å². The number of carbonyl (C=O) groups is 1. The molecule has 0 spiro atoms. The van der Waals surface area contributed by atoms with Crippen molar-refractivity contribution in [1.29, 1.82) is 5.41 Å². The van der Waals surface area contributed by atoms with Crippen LogP contribution in [-0.2, 0) is 9.53 Å². The molecule has 94 valence electrons. The summed E-state index contributed by atoms with van der Waals surface area (Å²) in [4.78, 5) is 9.59. The van der Waals surface area contributed by atoms with Crippen LogP contribution in [0.1, 0.15) is 6.92 Å². The normalized spacial score (nSPS) is 8.65. The molecule has 6 heteroatoms. The topological polar surface area (TPSA) is 79.4 Å². The third-order valence-electron chi connectivity index (χ3n) is 1.68. The molecule has 0 aliphatic rings. The lowest BCUT2D eigenvalue weighted by Gasteiger charge is -2.18. The van der Waals surface area contributed by atoms with Gasteiger partial charge in [0.2, 0.25) is 5.96 Å². The molecule has 5 nitrogen and oxygen atoms in total. The van der Waals surface area contributed by atoms with Crippen molar-refractivity contribution in [2.45, 2.75) is 6.92 Å². The lowest BCUT2D eigenvalue weighted by atomic mass is 10.3. The number of esters is 1. The molecule has 0 heterocycles. The minimum atomic E-state index is -0.245. The highest BCUT2D eigenvalue weighted by molar-refractivity contribution is 8.00. The van der Waals surface area contributed by atoms with Gasteiger partial charge in [-0.2, -0.15) is 0 Å². The molecule has 3 N–H and O–H groups in total. The van der Waals surface area contributed by atoms with E-state index in [1.807, 2.05) is 36.6 Å². The predicted molar refractivity (Wildman–Crippen MR) is 72.0 cm³/mol. The van der Waals surface area contributed by atoms with Crippen molar-refractivity contribution < 1.29 is 9.53 Å². The van der Waals surface area contributed by atoms with E-state index in [4.69, 9.17) is 11.1 Å². The van der Waals surface area contributed by atoms with E-state index in [0.717, 1.165) is 5.69 Å². The fourth-order valence-corrected chi connectivity index (χ4v) is 1.44. The van der Waals surface area contributed by atoms with Crippen molar-refractivity contribution in [3.8, 4) is 0 Å². The van der Waals surface area contributed by atoms with Gasteiger partial charge < -0.3 is 10.5 Å². The Kier molecular flexibility index (Phi) is 7.62. The number of nitrogens with zero attached hydrogens (tertiary/aromatic N) is 1. The first kappa shape index (κ1) is 15.3. The Bertz CT molecular complexity index is 357. The van der Waals surface area contributed by atoms with Crippen LogP contribution >= 0.6 is 11.9 Å². The van der Waals surface area contributed by atoms with E-state index in [-0.39, 0.29) is 11.9 Å². The van der Waals surface area contributed by atoms with Crippen molar-refractivity contribution >= 4 is 29.6 Å². The zero-order chi connectivity index (χ0) is 13.3. The van der Waals surface area contributed by atoms with Crippen LogP contribution in [0.3, 0.4) is 0 Å². The van der Waals surface area contributed by atoms with Gasteiger partial charge in [0.05, 0.1) is 12.8 Å². The molecule has 1 aromatic rings. The summed E-state index contributed by atoms with van der Waals surface area (Å²) in [6, 6.07) is 9.60. The van der Waals surface area contributed by atoms with Gasteiger partial charge >= 0.3 is 5.97 Å². The first-order valence-corrected chi connectivity index (χ1v) is 5.99. The number of guanidine groups is 1. The fourth-order valence-electron chi connectivity index (χ4n) is 0.906. The molecular formula is C11H17N3O2S. The van der Waals surface area contributed by atoms with Crippen LogP contribution in [0, 0.1) is 5.41 Å². The predicted octanol–water partition coefficient (Wildman–Crippen LogP) is 1.84. The number of hydrogen-bond acceptors (Lipinski definition) is 4. The minimum absolute atomic E-state index is 0.0497. The zero-order valence-electron chi connectivity index (χ0n) is 10.1. The van der Waals surface area contributed by atoms with Crippen LogP contribution < -0.4 is 10.0 Å². The lowest BCUT2D eigenvalue weighted by Crippen LogP contribution is -2.30. The molecule has 0 unspecified atom stereocenters. The maximum absolute atomic E-state index is 9.59. The maximum Gasteiger partial charge on any atom is 0.302 e. The van der Waals surface area contributed by atoms with Gasteiger partial charge in [0.1, 0.15) is 0 Å². The third kappa shape index (κ3) is 6.47. The van der Waals surface area contributed by atoms with Gasteiger partial charge in [-0.15, -0.1) is 0 Å². The molecule has 1 rings (SSSR count). The van der Waals surface area contributed by atoms with Gasteiger partial charge in [0.25, 0.3) is 0 Å². The Hall–Kier alpha value is -1.69. The van der Waals surface area contributed by atoms with Gasteiger partial charge in [-0.3, -0.25) is 14.5 Å². The minimum Gasteiger partial charge on any atom is -0.469 e. The average Bonchev–Trinajstić information content (AvgIpc) is 2.31. The highest BCUT2D eigenvalue weighted by atomic mass is 32.2. The highest BCUT2D eigenvalue weighted by Crippen LogP contribution is 2.18. The SMILES string of the molecule is COC(C)=O.CSN(C(=N)N)c1ccccc1. The zero-order valence-corrected chi connectivity index (χ0v) is 11.0. The molecule has 0 atom stereocenters. The smallest absolute Gasteiger partial charge is 0.302 e. The van der Waals surface area contributed by atoms with E-state index in [2.05, 4.69) is 4.74 Å². The molecule has 0 radical (unpaired) electrons. The van der Waals surface area contributed by atoms with Gasteiger partial charge in [-0.05, 0) is 24.1 Å². The Labute approximate surface area is 106 Å². The summed E-state index contributed by atoms with van der Waals surface area (Å²) in [5.41, 5.74) is 6.30. The lowest BCUT2D eigenvalue weighted by molar-refractivity contribution is -0.137. The van der Waals surface area contributed by atoms with Gasteiger partial charge in [0, 0.05) is 13.2 Å². The number of nitrogens with two attached hydrogens (primary N) is 1. The molecule has 1 aromatic carbocycles. The molecule has 0 aliphatic heterocycles. The third-order valence-corrected chi connectivity index (χ3v) is 2.45. The van der Waals surface area contributed by atoms with Gasteiger partial charge in [-0.1, -0.05) is 18.2 Å². The Balaban J connectivity index is 0.000000437. The van der Waals surface area contributed by atoms with Crippen molar-refractivity contribution in [3.63, 3.8) is 0 Å². The summed E-state index contributed by atoms with van der Waals surface area (Å²) in [6.45, 7) is 1.36. The van der Waals surface area contributed by atoms with Crippen LogP contribution in [0.25, 0.3) is 0 Å². The Morgan fingerprint density at radius 2 is 1.88 bits per heavy atom. The number of hydrogen-bond donors (Lipinski definition) is 2. The number of carbonyl (C=O) groups excluding carboxylic acids is 1. The van der Waals surface area contributed by atoms with E-state index < -0.39 is 0 Å².